The molecule has 0 unspecified atom stereocenters. The van der Waals surface area contributed by atoms with E-state index in [4.69, 9.17) is 4.42 Å². The zero-order chi connectivity index (χ0) is 19.5. The number of piperidine rings is 1. The minimum Gasteiger partial charge on any atom is -0.444 e. The zero-order valence-corrected chi connectivity index (χ0v) is 18.3. The molecule has 1 aliphatic rings. The number of nitrogens with one attached hydrogen (secondary N) is 2. The van der Waals surface area contributed by atoms with Gasteiger partial charge in [-0.2, -0.15) is 0 Å². The van der Waals surface area contributed by atoms with Crippen molar-refractivity contribution < 1.29 is 9.21 Å². The molecule has 3 heterocycles. The molecular formula is C20H20Br2N4O2. The highest BCUT2D eigenvalue weighted by molar-refractivity contribution is 9.10. The van der Waals surface area contributed by atoms with Crippen LogP contribution in [0.1, 0.15) is 29.2 Å². The lowest BCUT2D eigenvalue weighted by atomic mass is 10.0. The van der Waals surface area contributed by atoms with E-state index in [0.29, 0.717) is 10.4 Å². The lowest BCUT2D eigenvalue weighted by Gasteiger charge is -2.31. The smallest absolute Gasteiger partial charge is 0.287 e. The molecule has 4 rings (SSSR count). The molecule has 1 fully saturated rings. The van der Waals surface area contributed by atoms with E-state index < -0.39 is 0 Å². The fourth-order valence-corrected chi connectivity index (χ4v) is 3.93. The summed E-state index contributed by atoms with van der Waals surface area (Å²) >= 11 is 6.68. The van der Waals surface area contributed by atoms with Gasteiger partial charge in [0.1, 0.15) is 5.82 Å². The number of amides is 1. The maximum Gasteiger partial charge on any atom is 0.287 e. The third-order valence-electron chi connectivity index (χ3n) is 4.88. The Morgan fingerprint density at radius 2 is 1.93 bits per heavy atom. The molecule has 3 aromatic rings. The standard InChI is InChI=1S/C20H20Br2N4O2/c21-14-3-1-13(2-4-14)16-11-23-19(25-16)12-26-9-7-15(8-10-26)24-20(27)17-5-6-18(22)28-17/h1-6,11,15H,7-10,12H2,(H,23,25)(H,24,27). The number of H-pyrrole nitrogens is 1. The summed E-state index contributed by atoms with van der Waals surface area (Å²) in [5, 5.41) is 3.06. The van der Waals surface area contributed by atoms with Crippen LogP contribution < -0.4 is 5.32 Å². The summed E-state index contributed by atoms with van der Waals surface area (Å²) in [6.45, 7) is 2.62. The number of carbonyl (C=O) groups excluding carboxylic acids is 1. The van der Waals surface area contributed by atoms with Gasteiger partial charge in [0.05, 0.1) is 18.4 Å². The Bertz CT molecular complexity index is 943. The van der Waals surface area contributed by atoms with Crippen molar-refractivity contribution in [3.8, 4) is 11.3 Å². The summed E-state index contributed by atoms with van der Waals surface area (Å²) in [7, 11) is 0. The van der Waals surface area contributed by atoms with E-state index in [-0.39, 0.29) is 11.9 Å². The van der Waals surface area contributed by atoms with E-state index in [1.165, 1.54) is 0 Å². The van der Waals surface area contributed by atoms with Gasteiger partial charge < -0.3 is 14.7 Å². The molecule has 0 saturated carbocycles. The van der Waals surface area contributed by atoms with Gasteiger partial charge in [0, 0.05) is 23.6 Å². The van der Waals surface area contributed by atoms with Crippen LogP contribution >= 0.6 is 31.9 Å². The van der Waals surface area contributed by atoms with E-state index >= 15 is 0 Å². The molecule has 0 spiro atoms. The van der Waals surface area contributed by atoms with Gasteiger partial charge in [-0.15, -0.1) is 0 Å². The first-order chi connectivity index (χ1) is 13.6. The fraction of sp³-hybridized carbons (Fsp3) is 0.300. The summed E-state index contributed by atoms with van der Waals surface area (Å²) in [4.78, 5) is 22.5. The van der Waals surface area contributed by atoms with Gasteiger partial charge in [-0.1, -0.05) is 28.1 Å². The van der Waals surface area contributed by atoms with E-state index in [0.717, 1.165) is 54.0 Å². The third kappa shape index (κ3) is 4.74. The largest absolute Gasteiger partial charge is 0.444 e. The summed E-state index contributed by atoms with van der Waals surface area (Å²) in [6.07, 6.45) is 3.70. The summed E-state index contributed by atoms with van der Waals surface area (Å²) in [5.74, 6) is 1.14. The van der Waals surface area contributed by atoms with Gasteiger partial charge in [0.15, 0.2) is 10.4 Å². The minimum absolute atomic E-state index is 0.158. The molecule has 1 aromatic carbocycles. The molecule has 2 N–H and O–H groups in total. The Kier molecular flexibility index (Phi) is 5.99. The van der Waals surface area contributed by atoms with Crippen LogP contribution in [-0.4, -0.2) is 39.9 Å². The number of hydrogen-bond donors (Lipinski definition) is 2. The van der Waals surface area contributed by atoms with E-state index in [1.54, 1.807) is 12.1 Å². The molecule has 28 heavy (non-hydrogen) atoms. The van der Waals surface area contributed by atoms with Crippen LogP contribution in [0, 0.1) is 0 Å². The van der Waals surface area contributed by atoms with Crippen LogP contribution in [0.3, 0.4) is 0 Å². The molecule has 0 radical (unpaired) electrons. The van der Waals surface area contributed by atoms with Gasteiger partial charge in [0.2, 0.25) is 0 Å². The number of aromatic amines is 1. The Hall–Kier alpha value is -1.90. The molecule has 146 valence electrons. The number of rotatable bonds is 5. The fourth-order valence-electron chi connectivity index (χ4n) is 3.36. The lowest BCUT2D eigenvalue weighted by Crippen LogP contribution is -2.44. The SMILES string of the molecule is O=C(NC1CCN(Cc2ncc(-c3ccc(Br)cc3)[nH]2)CC1)c1ccc(Br)o1. The monoisotopic (exact) mass is 506 g/mol. The van der Waals surface area contributed by atoms with Crippen molar-refractivity contribution in [3.63, 3.8) is 0 Å². The van der Waals surface area contributed by atoms with Gasteiger partial charge >= 0.3 is 0 Å². The number of imidazole rings is 1. The van der Waals surface area contributed by atoms with Crippen LogP contribution in [0.5, 0.6) is 0 Å². The number of halogens is 2. The number of furan rings is 1. The summed E-state index contributed by atoms with van der Waals surface area (Å²) in [5.41, 5.74) is 2.14. The first-order valence-electron chi connectivity index (χ1n) is 9.15. The first kappa shape index (κ1) is 19.4. The molecule has 1 saturated heterocycles. The van der Waals surface area contributed by atoms with E-state index in [1.807, 2.05) is 18.3 Å². The number of aromatic nitrogens is 2. The highest BCUT2D eigenvalue weighted by Gasteiger charge is 2.23. The number of benzene rings is 1. The van der Waals surface area contributed by atoms with Crippen LogP contribution in [0.25, 0.3) is 11.3 Å². The minimum atomic E-state index is -0.158. The van der Waals surface area contributed by atoms with Crippen molar-refractivity contribution in [1.82, 2.24) is 20.2 Å². The highest BCUT2D eigenvalue weighted by Crippen LogP contribution is 2.21. The lowest BCUT2D eigenvalue weighted by molar-refractivity contribution is 0.0879. The average Bonchev–Trinajstić information content (AvgIpc) is 3.33. The molecule has 2 aromatic heterocycles. The van der Waals surface area contributed by atoms with Gasteiger partial charge in [0.25, 0.3) is 5.91 Å². The van der Waals surface area contributed by atoms with Crippen molar-refractivity contribution in [2.75, 3.05) is 13.1 Å². The van der Waals surface area contributed by atoms with Crippen LogP contribution in [0.2, 0.25) is 0 Å². The average molecular weight is 508 g/mol. The number of hydrogen-bond acceptors (Lipinski definition) is 4. The predicted octanol–water partition coefficient (Wildman–Crippen LogP) is 4.59. The van der Waals surface area contributed by atoms with Crippen LogP contribution in [0.15, 0.2) is 56.2 Å². The molecule has 8 heteroatoms. The van der Waals surface area contributed by atoms with Crippen molar-refractivity contribution in [3.05, 3.63) is 63.3 Å². The number of carbonyl (C=O) groups is 1. The van der Waals surface area contributed by atoms with Crippen LogP contribution in [0.4, 0.5) is 0 Å². The van der Waals surface area contributed by atoms with Gasteiger partial charge in [-0.05, 0) is 58.6 Å². The normalized spacial score (nSPS) is 15.6. The molecule has 0 bridgehead atoms. The second-order valence-corrected chi connectivity index (χ2v) is 8.58. The van der Waals surface area contributed by atoms with E-state index in [2.05, 4.69) is 64.2 Å². The molecule has 6 nitrogen and oxygen atoms in total. The Morgan fingerprint density at radius 1 is 1.18 bits per heavy atom. The van der Waals surface area contributed by atoms with Crippen molar-refractivity contribution in [2.45, 2.75) is 25.4 Å². The zero-order valence-electron chi connectivity index (χ0n) is 15.1. The Labute approximate surface area is 180 Å². The second-order valence-electron chi connectivity index (χ2n) is 6.88. The maximum atomic E-state index is 12.2. The number of nitrogens with zero attached hydrogens (tertiary/aromatic N) is 2. The molecule has 0 aliphatic carbocycles. The quantitative estimate of drug-likeness (QED) is 0.529. The summed E-state index contributed by atoms with van der Waals surface area (Å²) in [6, 6.07) is 11.7. The van der Waals surface area contributed by atoms with Crippen molar-refractivity contribution in [1.29, 1.82) is 0 Å². The van der Waals surface area contributed by atoms with E-state index in [9.17, 15) is 4.79 Å². The first-order valence-corrected chi connectivity index (χ1v) is 10.7. The number of likely N-dealkylation sites (tertiary alicyclic amines) is 1. The molecule has 0 atom stereocenters. The molecule has 1 aliphatic heterocycles. The van der Waals surface area contributed by atoms with Crippen molar-refractivity contribution >= 4 is 37.8 Å². The van der Waals surface area contributed by atoms with Gasteiger partial charge in [-0.25, -0.2) is 4.98 Å². The molecular weight excluding hydrogens is 488 g/mol. The third-order valence-corrected chi connectivity index (χ3v) is 5.83. The van der Waals surface area contributed by atoms with Gasteiger partial charge in [-0.3, -0.25) is 9.69 Å². The summed E-state index contributed by atoms with van der Waals surface area (Å²) < 4.78 is 6.94. The Balaban J connectivity index is 1.28. The predicted molar refractivity (Wildman–Crippen MR) is 114 cm³/mol. The molecule has 1 amide bonds. The second kappa shape index (κ2) is 8.63. The highest BCUT2D eigenvalue weighted by atomic mass is 79.9. The maximum absolute atomic E-state index is 12.2. The van der Waals surface area contributed by atoms with Crippen LogP contribution in [-0.2, 0) is 6.54 Å². The topological polar surface area (TPSA) is 74.2 Å². The Morgan fingerprint density at radius 3 is 2.61 bits per heavy atom. The van der Waals surface area contributed by atoms with Crippen molar-refractivity contribution in [2.24, 2.45) is 0 Å².